The van der Waals surface area contributed by atoms with E-state index in [0.29, 0.717) is 19.1 Å². The highest BCUT2D eigenvalue weighted by Crippen LogP contribution is 2.28. The average molecular weight is 337 g/mol. The Kier molecular flexibility index (Phi) is 4.01. The Balaban J connectivity index is 1.64. The number of hydrogen-bond acceptors (Lipinski definition) is 4. The minimum Gasteiger partial charge on any atom is -0.336 e. The Hall–Kier alpha value is -2.09. The Morgan fingerprint density at radius 3 is 2.39 bits per heavy atom. The molecule has 0 spiro atoms. The van der Waals surface area contributed by atoms with Crippen LogP contribution in [-0.2, 0) is 14.8 Å². The van der Waals surface area contributed by atoms with Crippen LogP contribution in [-0.4, -0.2) is 55.8 Å². The van der Waals surface area contributed by atoms with E-state index in [1.54, 1.807) is 17.0 Å². The van der Waals surface area contributed by atoms with E-state index in [1.165, 1.54) is 17.0 Å². The zero-order chi connectivity index (χ0) is 16.6. The van der Waals surface area contributed by atoms with Crippen LogP contribution in [0, 0.1) is 6.92 Å². The Bertz CT molecular complexity index is 726. The summed E-state index contributed by atoms with van der Waals surface area (Å²) in [7, 11) is -3.93. The molecule has 2 fully saturated rings. The second kappa shape index (κ2) is 5.84. The summed E-state index contributed by atoms with van der Waals surface area (Å²) in [5.41, 5.74) is 0.928. The molecule has 7 nitrogen and oxygen atoms in total. The molecule has 23 heavy (non-hydrogen) atoms. The first kappa shape index (κ1) is 15.8. The Labute approximate surface area is 135 Å². The van der Waals surface area contributed by atoms with Crippen molar-refractivity contribution in [2.75, 3.05) is 19.6 Å². The number of urea groups is 1. The summed E-state index contributed by atoms with van der Waals surface area (Å²) in [6.07, 6.45) is 2.03. The second-order valence-electron chi connectivity index (χ2n) is 5.96. The molecule has 1 saturated heterocycles. The highest BCUT2D eigenvalue weighted by molar-refractivity contribution is 7.90. The van der Waals surface area contributed by atoms with Crippen molar-refractivity contribution in [2.24, 2.45) is 0 Å². The minimum atomic E-state index is -3.93. The molecular formula is C15H19N3O4S. The summed E-state index contributed by atoms with van der Waals surface area (Å²) >= 11 is 0. The standard InChI is InChI=1S/C15H19N3O4S/c1-11-2-6-13(7-3-11)23(21,22)16-15(20)17-8-9-18(12-4-5-12)14(19)10-17/h2-3,6-7,12H,4-5,8-10H2,1H3,(H,16,20). The quantitative estimate of drug-likeness (QED) is 0.879. The molecule has 3 rings (SSSR count). The summed E-state index contributed by atoms with van der Waals surface area (Å²) in [6.45, 7) is 2.57. The van der Waals surface area contributed by atoms with Gasteiger partial charge in [0.2, 0.25) is 5.91 Å². The molecule has 2 aliphatic rings. The van der Waals surface area contributed by atoms with Gasteiger partial charge in [-0.1, -0.05) is 17.7 Å². The number of benzene rings is 1. The van der Waals surface area contributed by atoms with Crippen molar-refractivity contribution in [1.29, 1.82) is 0 Å². The van der Waals surface area contributed by atoms with E-state index in [9.17, 15) is 18.0 Å². The van der Waals surface area contributed by atoms with Crippen molar-refractivity contribution in [3.05, 3.63) is 29.8 Å². The van der Waals surface area contributed by atoms with Crippen LogP contribution in [0.3, 0.4) is 0 Å². The maximum atomic E-state index is 12.2. The van der Waals surface area contributed by atoms with Crippen molar-refractivity contribution in [3.8, 4) is 0 Å². The number of carbonyl (C=O) groups excluding carboxylic acids is 2. The van der Waals surface area contributed by atoms with Crippen LogP contribution in [0.4, 0.5) is 4.79 Å². The lowest BCUT2D eigenvalue weighted by Gasteiger charge is -2.34. The summed E-state index contributed by atoms with van der Waals surface area (Å²) in [6, 6.07) is 5.77. The van der Waals surface area contributed by atoms with E-state index < -0.39 is 16.1 Å². The van der Waals surface area contributed by atoms with E-state index in [1.807, 2.05) is 11.6 Å². The number of aryl methyl sites for hydroxylation is 1. The molecule has 1 aromatic rings. The lowest BCUT2D eigenvalue weighted by molar-refractivity contribution is -0.135. The third-order valence-corrected chi connectivity index (χ3v) is 5.42. The fourth-order valence-electron chi connectivity index (χ4n) is 2.59. The summed E-state index contributed by atoms with van der Waals surface area (Å²) in [5.74, 6) is -0.123. The molecule has 0 unspecified atom stereocenters. The van der Waals surface area contributed by atoms with Crippen LogP contribution in [0.25, 0.3) is 0 Å². The van der Waals surface area contributed by atoms with E-state index in [-0.39, 0.29) is 17.3 Å². The first-order valence-electron chi connectivity index (χ1n) is 7.55. The van der Waals surface area contributed by atoms with Gasteiger partial charge in [0, 0.05) is 19.1 Å². The van der Waals surface area contributed by atoms with Gasteiger partial charge in [0.15, 0.2) is 0 Å². The van der Waals surface area contributed by atoms with E-state index >= 15 is 0 Å². The first-order valence-corrected chi connectivity index (χ1v) is 9.03. The van der Waals surface area contributed by atoms with Gasteiger partial charge in [-0.3, -0.25) is 4.79 Å². The zero-order valence-corrected chi connectivity index (χ0v) is 13.7. The summed E-state index contributed by atoms with van der Waals surface area (Å²) in [4.78, 5) is 27.2. The molecular weight excluding hydrogens is 318 g/mol. The maximum Gasteiger partial charge on any atom is 0.331 e. The monoisotopic (exact) mass is 337 g/mol. The van der Waals surface area contributed by atoms with Crippen molar-refractivity contribution < 1.29 is 18.0 Å². The van der Waals surface area contributed by atoms with Gasteiger partial charge in [-0.05, 0) is 31.9 Å². The van der Waals surface area contributed by atoms with Gasteiger partial charge in [0.25, 0.3) is 10.0 Å². The molecule has 1 aliphatic heterocycles. The number of hydrogen-bond donors (Lipinski definition) is 1. The predicted octanol–water partition coefficient (Wildman–Crippen LogP) is 0.700. The Morgan fingerprint density at radius 1 is 1.17 bits per heavy atom. The van der Waals surface area contributed by atoms with Crippen molar-refractivity contribution in [2.45, 2.75) is 30.7 Å². The largest absolute Gasteiger partial charge is 0.336 e. The zero-order valence-electron chi connectivity index (χ0n) is 12.9. The average Bonchev–Trinajstić information content (AvgIpc) is 3.31. The fraction of sp³-hybridized carbons (Fsp3) is 0.467. The number of rotatable bonds is 3. The van der Waals surface area contributed by atoms with Crippen LogP contribution < -0.4 is 4.72 Å². The molecule has 0 aromatic heterocycles. The fourth-order valence-corrected chi connectivity index (χ4v) is 3.56. The number of amides is 3. The third kappa shape index (κ3) is 3.47. The third-order valence-electron chi connectivity index (χ3n) is 4.09. The van der Waals surface area contributed by atoms with E-state index in [4.69, 9.17) is 0 Å². The lowest BCUT2D eigenvalue weighted by atomic mass is 10.2. The van der Waals surface area contributed by atoms with Crippen LogP contribution in [0.2, 0.25) is 0 Å². The van der Waals surface area contributed by atoms with Gasteiger partial charge < -0.3 is 9.80 Å². The van der Waals surface area contributed by atoms with Gasteiger partial charge in [-0.15, -0.1) is 0 Å². The molecule has 1 aromatic carbocycles. The second-order valence-corrected chi connectivity index (χ2v) is 7.65. The highest BCUT2D eigenvalue weighted by atomic mass is 32.2. The SMILES string of the molecule is Cc1ccc(S(=O)(=O)NC(=O)N2CCN(C3CC3)C(=O)C2)cc1. The number of piperazine rings is 1. The molecule has 1 saturated carbocycles. The number of sulfonamides is 1. The van der Waals surface area contributed by atoms with Crippen LogP contribution in [0.15, 0.2) is 29.2 Å². The number of nitrogens with zero attached hydrogens (tertiary/aromatic N) is 2. The smallest absolute Gasteiger partial charge is 0.331 e. The van der Waals surface area contributed by atoms with Gasteiger partial charge in [0.1, 0.15) is 6.54 Å². The van der Waals surface area contributed by atoms with E-state index in [0.717, 1.165) is 18.4 Å². The molecule has 0 atom stereocenters. The van der Waals surface area contributed by atoms with Crippen LogP contribution in [0.5, 0.6) is 0 Å². The molecule has 8 heteroatoms. The lowest BCUT2D eigenvalue weighted by Crippen LogP contribution is -2.55. The maximum absolute atomic E-state index is 12.2. The molecule has 1 aliphatic carbocycles. The van der Waals surface area contributed by atoms with Crippen molar-refractivity contribution in [3.63, 3.8) is 0 Å². The molecule has 1 heterocycles. The van der Waals surface area contributed by atoms with Crippen molar-refractivity contribution in [1.82, 2.24) is 14.5 Å². The molecule has 0 bridgehead atoms. The normalized spacial score (nSPS) is 18.9. The van der Waals surface area contributed by atoms with Crippen LogP contribution in [0.1, 0.15) is 18.4 Å². The predicted molar refractivity (Wildman–Crippen MR) is 83.2 cm³/mol. The molecule has 1 N–H and O–H groups in total. The summed E-state index contributed by atoms with van der Waals surface area (Å²) in [5, 5.41) is 0. The first-order chi connectivity index (χ1) is 10.9. The van der Waals surface area contributed by atoms with Crippen LogP contribution >= 0.6 is 0 Å². The highest BCUT2D eigenvalue weighted by Gasteiger charge is 2.37. The number of carbonyl (C=O) groups is 2. The van der Waals surface area contributed by atoms with Gasteiger partial charge >= 0.3 is 6.03 Å². The molecule has 3 amide bonds. The topological polar surface area (TPSA) is 86.8 Å². The van der Waals surface area contributed by atoms with Gasteiger partial charge in [-0.25, -0.2) is 17.9 Å². The van der Waals surface area contributed by atoms with E-state index in [2.05, 4.69) is 0 Å². The summed E-state index contributed by atoms with van der Waals surface area (Å²) < 4.78 is 26.4. The van der Waals surface area contributed by atoms with Gasteiger partial charge in [-0.2, -0.15) is 0 Å². The minimum absolute atomic E-state index is 0.0272. The molecule has 124 valence electrons. The Morgan fingerprint density at radius 2 is 1.83 bits per heavy atom. The number of nitrogens with one attached hydrogen (secondary N) is 1. The van der Waals surface area contributed by atoms with Gasteiger partial charge in [0.05, 0.1) is 4.90 Å². The van der Waals surface area contributed by atoms with Crippen molar-refractivity contribution >= 4 is 22.0 Å². The molecule has 0 radical (unpaired) electrons.